The molecule has 3 aromatic rings. The molecule has 1 saturated carbocycles. The van der Waals surface area contributed by atoms with Crippen molar-refractivity contribution < 1.29 is 4.79 Å². The molecule has 4 rings (SSSR count). The molecule has 1 aliphatic carbocycles. The van der Waals surface area contributed by atoms with Crippen LogP contribution in [0.2, 0.25) is 0 Å². The molecule has 1 amide bonds. The van der Waals surface area contributed by atoms with Crippen LogP contribution in [0.3, 0.4) is 0 Å². The molecule has 130 valence electrons. The Morgan fingerprint density at radius 3 is 2.76 bits per heavy atom. The monoisotopic (exact) mass is 373 g/mol. The molecule has 1 N–H and O–H groups in total. The van der Waals surface area contributed by atoms with Gasteiger partial charge in [0.05, 0.1) is 5.69 Å². The van der Waals surface area contributed by atoms with Gasteiger partial charge in [0.25, 0.3) is 5.91 Å². The van der Waals surface area contributed by atoms with Crippen LogP contribution in [0.1, 0.15) is 58.9 Å². The minimum atomic E-state index is -0.143. The molecule has 0 bridgehead atoms. The van der Waals surface area contributed by atoms with Gasteiger partial charge in [-0.3, -0.25) is 10.1 Å². The second-order valence-electron chi connectivity index (χ2n) is 6.14. The lowest BCUT2D eigenvalue weighted by Gasteiger charge is -2.21. The third kappa shape index (κ3) is 3.36. The Bertz CT molecular complexity index is 864. The topological polar surface area (TPSA) is 72.7 Å². The number of hydrogen-bond donors (Lipinski definition) is 1. The Balaban J connectivity index is 1.55. The maximum atomic E-state index is 12.7. The number of anilines is 1. The maximum absolute atomic E-state index is 12.7. The quantitative estimate of drug-likeness (QED) is 0.701. The summed E-state index contributed by atoms with van der Waals surface area (Å²) in [5.74, 6) is 0.387. The van der Waals surface area contributed by atoms with Gasteiger partial charge in [-0.2, -0.15) is 0 Å². The van der Waals surface area contributed by atoms with Crippen molar-refractivity contribution in [2.45, 2.75) is 44.9 Å². The summed E-state index contributed by atoms with van der Waals surface area (Å²) in [4.78, 5) is 18.1. The number of carbonyl (C=O) groups excluding carboxylic acids is 1. The van der Waals surface area contributed by atoms with Gasteiger partial charge in [-0.25, -0.2) is 4.98 Å². The number of carbonyl (C=O) groups is 1. The molecular weight excluding hydrogens is 354 g/mol. The molecule has 0 aromatic carbocycles. The van der Waals surface area contributed by atoms with Crippen LogP contribution in [0, 0.1) is 0 Å². The molecular formula is C17H19N5OS2. The second-order valence-corrected chi connectivity index (χ2v) is 8.13. The molecule has 0 spiro atoms. The SMILES string of the molecule is CCCc1nc(-n2cccc2)sc1C(=O)Nc1nnc(C2CCC2)s1. The van der Waals surface area contributed by atoms with Crippen LogP contribution < -0.4 is 5.32 Å². The number of thiazole rings is 1. The number of nitrogens with zero attached hydrogens (tertiary/aromatic N) is 4. The summed E-state index contributed by atoms with van der Waals surface area (Å²) in [5, 5.41) is 13.7. The molecule has 0 unspecified atom stereocenters. The van der Waals surface area contributed by atoms with Gasteiger partial charge < -0.3 is 4.57 Å². The highest BCUT2D eigenvalue weighted by Crippen LogP contribution is 2.38. The van der Waals surface area contributed by atoms with E-state index in [0.29, 0.717) is 15.9 Å². The predicted octanol–water partition coefficient (Wildman–Crippen LogP) is 4.26. The molecule has 1 aliphatic rings. The van der Waals surface area contributed by atoms with Crippen molar-refractivity contribution in [2.75, 3.05) is 5.32 Å². The first-order valence-electron chi connectivity index (χ1n) is 8.52. The van der Waals surface area contributed by atoms with E-state index in [2.05, 4.69) is 27.4 Å². The van der Waals surface area contributed by atoms with Crippen LogP contribution in [0.5, 0.6) is 0 Å². The summed E-state index contributed by atoms with van der Waals surface area (Å²) >= 11 is 2.90. The number of aromatic nitrogens is 4. The van der Waals surface area contributed by atoms with E-state index in [-0.39, 0.29) is 5.91 Å². The van der Waals surface area contributed by atoms with Crippen LogP contribution in [0.4, 0.5) is 5.13 Å². The first kappa shape index (κ1) is 16.4. The average Bonchev–Trinajstić information content (AvgIpc) is 3.25. The molecule has 0 aliphatic heterocycles. The van der Waals surface area contributed by atoms with Crippen LogP contribution in [0.25, 0.3) is 5.13 Å². The summed E-state index contributed by atoms with van der Waals surface area (Å²) < 4.78 is 1.93. The lowest BCUT2D eigenvalue weighted by Crippen LogP contribution is -2.12. The van der Waals surface area contributed by atoms with Crippen molar-refractivity contribution in [3.8, 4) is 5.13 Å². The predicted molar refractivity (Wildman–Crippen MR) is 99.9 cm³/mol. The number of nitrogens with one attached hydrogen (secondary N) is 1. The highest BCUT2D eigenvalue weighted by Gasteiger charge is 2.25. The third-order valence-corrected chi connectivity index (χ3v) is 6.43. The smallest absolute Gasteiger partial charge is 0.269 e. The van der Waals surface area contributed by atoms with Gasteiger partial charge in [0, 0.05) is 18.3 Å². The fraction of sp³-hybridized carbons (Fsp3) is 0.412. The maximum Gasteiger partial charge on any atom is 0.269 e. The van der Waals surface area contributed by atoms with Crippen LogP contribution in [0.15, 0.2) is 24.5 Å². The lowest BCUT2D eigenvalue weighted by atomic mass is 9.86. The Labute approximate surface area is 153 Å². The summed E-state index contributed by atoms with van der Waals surface area (Å²) in [6.07, 6.45) is 9.22. The molecule has 25 heavy (non-hydrogen) atoms. The van der Waals surface area contributed by atoms with Gasteiger partial charge in [0.15, 0.2) is 5.13 Å². The summed E-state index contributed by atoms with van der Waals surface area (Å²) in [5.41, 5.74) is 0.845. The molecule has 1 fully saturated rings. The number of aryl methyl sites for hydroxylation is 1. The van der Waals surface area contributed by atoms with Gasteiger partial charge in [0.2, 0.25) is 5.13 Å². The zero-order valence-electron chi connectivity index (χ0n) is 13.9. The highest BCUT2D eigenvalue weighted by atomic mass is 32.1. The summed E-state index contributed by atoms with van der Waals surface area (Å²) in [7, 11) is 0. The van der Waals surface area contributed by atoms with Crippen molar-refractivity contribution in [3.05, 3.63) is 40.1 Å². The molecule has 0 saturated heterocycles. The molecule has 0 radical (unpaired) electrons. The Hall–Kier alpha value is -2.06. The van der Waals surface area contributed by atoms with Crippen molar-refractivity contribution in [1.29, 1.82) is 0 Å². The zero-order valence-corrected chi connectivity index (χ0v) is 15.6. The fourth-order valence-corrected chi connectivity index (χ4v) is 4.64. The van der Waals surface area contributed by atoms with Crippen molar-refractivity contribution >= 4 is 33.7 Å². The van der Waals surface area contributed by atoms with E-state index in [1.807, 2.05) is 29.1 Å². The molecule has 8 heteroatoms. The Kier molecular flexibility index (Phi) is 4.63. The number of amides is 1. The zero-order chi connectivity index (χ0) is 17.2. The standard InChI is InChI=1S/C17H19N5OS2/c1-2-6-12-13(24-17(18-12)22-9-3-4-10-22)14(23)19-16-21-20-15(25-16)11-7-5-8-11/h3-4,9-11H,2,5-8H2,1H3,(H,19,21,23). The summed E-state index contributed by atoms with van der Waals surface area (Å²) in [6, 6.07) is 3.90. The van der Waals surface area contributed by atoms with E-state index in [4.69, 9.17) is 0 Å². The number of rotatable bonds is 6. The van der Waals surface area contributed by atoms with E-state index in [9.17, 15) is 4.79 Å². The van der Waals surface area contributed by atoms with Gasteiger partial charge in [-0.1, -0.05) is 42.4 Å². The average molecular weight is 374 g/mol. The van der Waals surface area contributed by atoms with Crippen molar-refractivity contribution in [3.63, 3.8) is 0 Å². The van der Waals surface area contributed by atoms with Gasteiger partial charge in [-0.15, -0.1) is 10.2 Å². The van der Waals surface area contributed by atoms with Crippen LogP contribution >= 0.6 is 22.7 Å². The fourth-order valence-electron chi connectivity index (χ4n) is 2.75. The van der Waals surface area contributed by atoms with Gasteiger partial charge >= 0.3 is 0 Å². The largest absolute Gasteiger partial charge is 0.300 e. The normalized spacial score (nSPS) is 14.4. The van der Waals surface area contributed by atoms with Gasteiger partial charge in [0.1, 0.15) is 9.88 Å². The van der Waals surface area contributed by atoms with E-state index in [1.54, 1.807) is 0 Å². The van der Waals surface area contributed by atoms with Crippen LogP contribution in [-0.4, -0.2) is 25.7 Å². The lowest BCUT2D eigenvalue weighted by molar-refractivity contribution is 0.102. The molecule has 6 nitrogen and oxygen atoms in total. The number of hydrogen-bond acceptors (Lipinski definition) is 6. The van der Waals surface area contributed by atoms with E-state index >= 15 is 0 Å². The van der Waals surface area contributed by atoms with Crippen LogP contribution in [-0.2, 0) is 6.42 Å². The first-order chi connectivity index (χ1) is 12.2. The first-order valence-corrected chi connectivity index (χ1v) is 10.2. The molecule has 3 aromatic heterocycles. The third-order valence-electron chi connectivity index (χ3n) is 4.32. The molecule has 3 heterocycles. The Morgan fingerprint density at radius 1 is 1.28 bits per heavy atom. The second kappa shape index (κ2) is 7.05. The van der Waals surface area contributed by atoms with E-state index < -0.39 is 0 Å². The minimum absolute atomic E-state index is 0.143. The highest BCUT2D eigenvalue weighted by molar-refractivity contribution is 7.17. The van der Waals surface area contributed by atoms with E-state index in [1.165, 1.54) is 41.9 Å². The minimum Gasteiger partial charge on any atom is -0.300 e. The van der Waals surface area contributed by atoms with E-state index in [0.717, 1.165) is 28.7 Å². The molecule has 0 atom stereocenters. The Morgan fingerprint density at radius 2 is 2.08 bits per heavy atom. The van der Waals surface area contributed by atoms with Gasteiger partial charge in [-0.05, 0) is 31.4 Å². The van der Waals surface area contributed by atoms with Crippen molar-refractivity contribution in [1.82, 2.24) is 19.7 Å². The summed E-state index contributed by atoms with van der Waals surface area (Å²) in [6.45, 7) is 2.09. The van der Waals surface area contributed by atoms with Crippen molar-refractivity contribution in [2.24, 2.45) is 0 Å².